The van der Waals surface area contributed by atoms with Crippen molar-refractivity contribution in [1.82, 2.24) is 4.98 Å². The van der Waals surface area contributed by atoms with Crippen LogP contribution in [0.25, 0.3) is 0 Å². The monoisotopic (exact) mass is 129 g/mol. The SMILES string of the molecule is Cc1nc(C)c(CF)o1. The lowest BCUT2D eigenvalue weighted by Crippen LogP contribution is -1.76. The second kappa shape index (κ2) is 2.17. The Morgan fingerprint density at radius 1 is 1.56 bits per heavy atom. The zero-order chi connectivity index (χ0) is 6.85. The number of rotatable bonds is 1. The number of hydrogen-bond acceptors (Lipinski definition) is 2. The van der Waals surface area contributed by atoms with Crippen molar-refractivity contribution in [2.75, 3.05) is 0 Å². The van der Waals surface area contributed by atoms with Gasteiger partial charge in [-0.05, 0) is 6.92 Å². The summed E-state index contributed by atoms with van der Waals surface area (Å²) in [6.07, 6.45) is 0. The van der Waals surface area contributed by atoms with E-state index in [0.717, 1.165) is 0 Å². The van der Waals surface area contributed by atoms with Crippen LogP contribution in [0.4, 0.5) is 4.39 Å². The number of nitrogens with zero attached hydrogens (tertiary/aromatic N) is 1. The van der Waals surface area contributed by atoms with Gasteiger partial charge in [-0.1, -0.05) is 0 Å². The van der Waals surface area contributed by atoms with Crippen molar-refractivity contribution in [3.8, 4) is 0 Å². The summed E-state index contributed by atoms with van der Waals surface area (Å²) in [5.41, 5.74) is 0.648. The van der Waals surface area contributed by atoms with Crippen molar-refractivity contribution >= 4 is 0 Å². The van der Waals surface area contributed by atoms with Crippen LogP contribution in [0, 0.1) is 13.8 Å². The van der Waals surface area contributed by atoms with Crippen LogP contribution in [-0.4, -0.2) is 4.98 Å². The van der Waals surface area contributed by atoms with Crippen LogP contribution in [0.1, 0.15) is 17.3 Å². The van der Waals surface area contributed by atoms with Crippen molar-refractivity contribution in [3.05, 3.63) is 17.3 Å². The van der Waals surface area contributed by atoms with Crippen molar-refractivity contribution in [1.29, 1.82) is 0 Å². The molecule has 0 spiro atoms. The molecule has 0 radical (unpaired) electrons. The van der Waals surface area contributed by atoms with Crippen LogP contribution in [0.2, 0.25) is 0 Å². The molecule has 3 heteroatoms. The minimum atomic E-state index is -0.563. The smallest absolute Gasteiger partial charge is 0.191 e. The average Bonchev–Trinajstić information content (AvgIpc) is 2.10. The van der Waals surface area contributed by atoms with Gasteiger partial charge in [0.25, 0.3) is 0 Å². The first-order chi connectivity index (χ1) is 4.24. The molecule has 0 aliphatic heterocycles. The summed E-state index contributed by atoms with van der Waals surface area (Å²) in [7, 11) is 0. The Morgan fingerprint density at radius 3 is 2.44 bits per heavy atom. The lowest BCUT2D eigenvalue weighted by Gasteiger charge is -1.82. The van der Waals surface area contributed by atoms with E-state index in [-0.39, 0.29) is 0 Å². The molecule has 50 valence electrons. The molecule has 1 rings (SSSR count). The van der Waals surface area contributed by atoms with E-state index in [1.807, 2.05) is 0 Å². The largest absolute Gasteiger partial charge is 0.443 e. The van der Waals surface area contributed by atoms with E-state index < -0.39 is 6.67 Å². The molecule has 0 aliphatic carbocycles. The van der Waals surface area contributed by atoms with Crippen LogP contribution in [0.15, 0.2) is 4.42 Å². The summed E-state index contributed by atoms with van der Waals surface area (Å²) in [6, 6.07) is 0. The average molecular weight is 129 g/mol. The molecule has 1 aromatic rings. The Bertz CT molecular complexity index is 207. The maximum absolute atomic E-state index is 11.9. The van der Waals surface area contributed by atoms with Crippen molar-refractivity contribution < 1.29 is 8.81 Å². The zero-order valence-corrected chi connectivity index (χ0v) is 5.44. The molecule has 0 saturated heterocycles. The Kier molecular flexibility index (Phi) is 1.51. The third-order valence-corrected chi connectivity index (χ3v) is 1.12. The van der Waals surface area contributed by atoms with Gasteiger partial charge < -0.3 is 4.42 Å². The second-order valence-electron chi connectivity index (χ2n) is 1.88. The summed E-state index contributed by atoms with van der Waals surface area (Å²) in [6.45, 7) is 2.87. The predicted octanol–water partition coefficient (Wildman–Crippen LogP) is 1.76. The Morgan fingerprint density at radius 2 is 2.22 bits per heavy atom. The Hall–Kier alpha value is -0.860. The number of hydrogen-bond donors (Lipinski definition) is 0. The van der Waals surface area contributed by atoms with Crippen molar-refractivity contribution in [3.63, 3.8) is 0 Å². The molecule has 0 aliphatic rings. The topological polar surface area (TPSA) is 26.0 Å². The lowest BCUT2D eigenvalue weighted by molar-refractivity contribution is 0.380. The summed E-state index contributed by atoms with van der Waals surface area (Å²) in [4.78, 5) is 3.88. The highest BCUT2D eigenvalue weighted by Crippen LogP contribution is 2.09. The Labute approximate surface area is 52.7 Å². The molecule has 1 heterocycles. The first-order valence-corrected chi connectivity index (χ1v) is 2.73. The molecule has 0 amide bonds. The summed E-state index contributed by atoms with van der Waals surface area (Å²) in [5.74, 6) is 0.868. The van der Waals surface area contributed by atoms with Gasteiger partial charge in [-0.3, -0.25) is 0 Å². The van der Waals surface area contributed by atoms with Crippen LogP contribution >= 0.6 is 0 Å². The molecular weight excluding hydrogens is 121 g/mol. The summed E-state index contributed by atoms with van der Waals surface area (Å²) in [5, 5.41) is 0. The summed E-state index contributed by atoms with van der Waals surface area (Å²) >= 11 is 0. The van der Waals surface area contributed by atoms with E-state index in [9.17, 15) is 4.39 Å². The maximum Gasteiger partial charge on any atom is 0.191 e. The van der Waals surface area contributed by atoms with Gasteiger partial charge in [0.05, 0.1) is 5.69 Å². The number of aromatic nitrogens is 1. The van der Waals surface area contributed by atoms with Gasteiger partial charge in [0.1, 0.15) is 6.67 Å². The van der Waals surface area contributed by atoms with E-state index in [2.05, 4.69) is 4.98 Å². The van der Waals surface area contributed by atoms with Crippen LogP contribution in [0.3, 0.4) is 0 Å². The highest BCUT2D eigenvalue weighted by Gasteiger charge is 2.03. The fourth-order valence-electron chi connectivity index (χ4n) is 0.697. The van der Waals surface area contributed by atoms with E-state index >= 15 is 0 Å². The number of aryl methyl sites for hydroxylation is 2. The predicted molar refractivity (Wildman–Crippen MR) is 30.8 cm³/mol. The molecule has 0 saturated carbocycles. The molecule has 2 nitrogen and oxygen atoms in total. The fraction of sp³-hybridized carbons (Fsp3) is 0.500. The normalized spacial score (nSPS) is 10.1. The van der Waals surface area contributed by atoms with E-state index in [4.69, 9.17) is 4.42 Å². The third kappa shape index (κ3) is 1.09. The standard InChI is InChI=1S/C6H8FNO/c1-4-6(3-7)9-5(2)8-4/h3H2,1-2H3. The maximum atomic E-state index is 11.9. The van der Waals surface area contributed by atoms with E-state index in [1.165, 1.54) is 0 Å². The van der Waals surface area contributed by atoms with Crippen LogP contribution < -0.4 is 0 Å². The molecule has 0 fully saturated rings. The minimum absolute atomic E-state index is 0.340. The fourth-order valence-corrected chi connectivity index (χ4v) is 0.697. The molecular formula is C6H8FNO. The van der Waals surface area contributed by atoms with Gasteiger partial charge >= 0.3 is 0 Å². The van der Waals surface area contributed by atoms with E-state index in [0.29, 0.717) is 17.3 Å². The zero-order valence-electron chi connectivity index (χ0n) is 5.44. The second-order valence-corrected chi connectivity index (χ2v) is 1.88. The van der Waals surface area contributed by atoms with Crippen molar-refractivity contribution in [2.24, 2.45) is 0 Å². The lowest BCUT2D eigenvalue weighted by atomic mass is 10.4. The third-order valence-electron chi connectivity index (χ3n) is 1.12. The Balaban J connectivity index is 3.01. The molecule has 0 atom stereocenters. The van der Waals surface area contributed by atoms with Gasteiger partial charge in [0, 0.05) is 6.92 Å². The van der Waals surface area contributed by atoms with Gasteiger partial charge in [0.2, 0.25) is 0 Å². The molecule has 1 aromatic heterocycles. The van der Waals surface area contributed by atoms with Crippen LogP contribution in [-0.2, 0) is 6.67 Å². The molecule has 0 aromatic carbocycles. The molecule has 0 unspecified atom stereocenters. The van der Waals surface area contributed by atoms with Gasteiger partial charge in [-0.2, -0.15) is 0 Å². The van der Waals surface area contributed by atoms with E-state index in [1.54, 1.807) is 13.8 Å². The number of alkyl halides is 1. The minimum Gasteiger partial charge on any atom is -0.443 e. The summed E-state index contributed by atoms with van der Waals surface area (Å²) < 4.78 is 16.7. The first kappa shape index (κ1) is 6.26. The quantitative estimate of drug-likeness (QED) is 0.577. The van der Waals surface area contributed by atoms with Gasteiger partial charge in [0.15, 0.2) is 11.7 Å². The van der Waals surface area contributed by atoms with Gasteiger partial charge in [-0.25, -0.2) is 9.37 Å². The molecule has 0 bridgehead atoms. The highest BCUT2D eigenvalue weighted by molar-refractivity contribution is 5.05. The number of halogens is 1. The number of oxazole rings is 1. The molecule has 0 N–H and O–H groups in total. The highest BCUT2D eigenvalue weighted by atomic mass is 19.1. The van der Waals surface area contributed by atoms with Crippen molar-refractivity contribution in [2.45, 2.75) is 20.5 Å². The first-order valence-electron chi connectivity index (χ1n) is 2.73. The molecule has 9 heavy (non-hydrogen) atoms. The van der Waals surface area contributed by atoms with Crippen LogP contribution in [0.5, 0.6) is 0 Å². The van der Waals surface area contributed by atoms with Gasteiger partial charge in [-0.15, -0.1) is 0 Å².